The summed E-state index contributed by atoms with van der Waals surface area (Å²) in [5.74, 6) is 0. The summed E-state index contributed by atoms with van der Waals surface area (Å²) in [5.41, 5.74) is 9.27. The number of rotatable bonds is 6. The highest BCUT2D eigenvalue weighted by Crippen LogP contribution is 2.26. The van der Waals surface area contributed by atoms with Gasteiger partial charge in [-0.1, -0.05) is 43.7 Å². The smallest absolute Gasteiger partial charge is 0.0352 e. The fourth-order valence-corrected chi connectivity index (χ4v) is 3.02. The third-order valence-electron chi connectivity index (χ3n) is 4.34. The molecule has 1 aromatic rings. The van der Waals surface area contributed by atoms with E-state index in [9.17, 15) is 0 Å². The highest BCUT2D eigenvalue weighted by Gasteiger charge is 2.35. The Balaban J connectivity index is 2.88. The number of likely N-dealkylation sites (N-methyl/N-ethyl adjacent to an activating group) is 1. The van der Waals surface area contributed by atoms with Crippen LogP contribution in [0, 0.1) is 6.92 Å². The maximum atomic E-state index is 6.52. The van der Waals surface area contributed by atoms with Crippen molar-refractivity contribution in [3.63, 3.8) is 0 Å². The summed E-state index contributed by atoms with van der Waals surface area (Å²) in [4.78, 5) is 2.30. The monoisotopic (exact) mass is 248 g/mol. The Labute approximate surface area is 112 Å². The van der Waals surface area contributed by atoms with Crippen LogP contribution >= 0.6 is 0 Å². The number of aryl methyl sites for hydroxylation is 1. The van der Waals surface area contributed by atoms with Gasteiger partial charge in [0.15, 0.2) is 0 Å². The van der Waals surface area contributed by atoms with Crippen molar-refractivity contribution in [2.24, 2.45) is 5.73 Å². The lowest BCUT2D eigenvalue weighted by molar-refractivity contribution is 0.105. The van der Waals surface area contributed by atoms with Crippen LogP contribution in [0.5, 0.6) is 0 Å². The molecule has 102 valence electrons. The Hall–Kier alpha value is -0.860. The highest BCUT2D eigenvalue weighted by atomic mass is 15.2. The Morgan fingerprint density at radius 1 is 1.22 bits per heavy atom. The zero-order valence-electron chi connectivity index (χ0n) is 12.5. The number of hydrogen-bond donors (Lipinski definition) is 1. The second-order valence-corrected chi connectivity index (χ2v) is 5.50. The Bertz CT molecular complexity index is 367. The summed E-state index contributed by atoms with van der Waals surface area (Å²) in [6.45, 7) is 6.60. The molecule has 1 unspecified atom stereocenters. The summed E-state index contributed by atoms with van der Waals surface area (Å²) in [7, 11) is 4.28. The molecule has 2 nitrogen and oxygen atoms in total. The lowest BCUT2D eigenvalue weighted by Crippen LogP contribution is -2.57. The Kier molecular flexibility index (Phi) is 5.36. The normalized spacial score (nSPS) is 13.9. The molecule has 0 spiro atoms. The summed E-state index contributed by atoms with van der Waals surface area (Å²) >= 11 is 0. The molecule has 0 heterocycles. The molecule has 0 aliphatic carbocycles. The van der Waals surface area contributed by atoms with Gasteiger partial charge in [0.25, 0.3) is 0 Å². The third kappa shape index (κ3) is 3.12. The van der Waals surface area contributed by atoms with E-state index in [0.717, 1.165) is 19.3 Å². The van der Waals surface area contributed by atoms with Crippen LogP contribution in [0.1, 0.15) is 37.8 Å². The van der Waals surface area contributed by atoms with Crippen LogP contribution in [-0.4, -0.2) is 30.6 Å². The van der Waals surface area contributed by atoms with Gasteiger partial charge in [0, 0.05) is 11.6 Å². The van der Waals surface area contributed by atoms with Crippen molar-refractivity contribution in [3.05, 3.63) is 35.4 Å². The van der Waals surface area contributed by atoms with Gasteiger partial charge in [0.05, 0.1) is 0 Å². The lowest BCUT2D eigenvalue weighted by atomic mass is 9.80. The molecule has 0 aromatic heterocycles. The van der Waals surface area contributed by atoms with Crippen LogP contribution in [0.15, 0.2) is 24.3 Å². The molecule has 1 aromatic carbocycles. The molecule has 0 saturated heterocycles. The highest BCUT2D eigenvalue weighted by molar-refractivity contribution is 5.23. The first-order valence-corrected chi connectivity index (χ1v) is 6.94. The second kappa shape index (κ2) is 6.35. The fraction of sp³-hybridized carbons (Fsp3) is 0.625. The van der Waals surface area contributed by atoms with E-state index in [1.165, 1.54) is 11.1 Å². The van der Waals surface area contributed by atoms with Crippen LogP contribution in [0.25, 0.3) is 0 Å². The molecular weight excluding hydrogens is 220 g/mol. The molecule has 1 atom stereocenters. The van der Waals surface area contributed by atoms with Gasteiger partial charge in [0.1, 0.15) is 0 Å². The van der Waals surface area contributed by atoms with Crippen LogP contribution < -0.4 is 5.73 Å². The first-order chi connectivity index (χ1) is 8.46. The van der Waals surface area contributed by atoms with E-state index in [1.54, 1.807) is 0 Å². The summed E-state index contributed by atoms with van der Waals surface area (Å²) in [5, 5.41) is 0. The van der Waals surface area contributed by atoms with Gasteiger partial charge in [-0.25, -0.2) is 0 Å². The van der Waals surface area contributed by atoms with Crippen molar-refractivity contribution in [2.45, 2.75) is 51.6 Å². The molecule has 0 aliphatic heterocycles. The van der Waals surface area contributed by atoms with Gasteiger partial charge in [-0.3, -0.25) is 0 Å². The van der Waals surface area contributed by atoms with Crippen molar-refractivity contribution < 1.29 is 0 Å². The molecule has 0 fully saturated rings. The summed E-state index contributed by atoms with van der Waals surface area (Å²) < 4.78 is 0. The quantitative estimate of drug-likeness (QED) is 0.838. The molecule has 2 heteroatoms. The lowest BCUT2D eigenvalue weighted by Gasteiger charge is -2.43. The number of benzene rings is 1. The summed E-state index contributed by atoms with van der Waals surface area (Å²) in [6.07, 6.45) is 3.12. The average molecular weight is 248 g/mol. The molecule has 2 N–H and O–H groups in total. The topological polar surface area (TPSA) is 29.3 Å². The molecule has 0 amide bonds. The van der Waals surface area contributed by atoms with Crippen LogP contribution in [0.3, 0.4) is 0 Å². The first-order valence-electron chi connectivity index (χ1n) is 6.94. The minimum atomic E-state index is 0.101. The molecule has 0 bridgehead atoms. The number of nitrogens with zero attached hydrogens (tertiary/aromatic N) is 1. The predicted molar refractivity (Wildman–Crippen MR) is 79.9 cm³/mol. The van der Waals surface area contributed by atoms with Crippen LogP contribution in [-0.2, 0) is 6.42 Å². The van der Waals surface area contributed by atoms with Gasteiger partial charge >= 0.3 is 0 Å². The molecule has 0 saturated carbocycles. The first kappa shape index (κ1) is 15.2. The van der Waals surface area contributed by atoms with Gasteiger partial charge in [-0.05, 0) is 45.8 Å². The largest absolute Gasteiger partial charge is 0.326 e. The molecule has 0 aliphatic rings. The van der Waals surface area contributed by atoms with Crippen LogP contribution in [0.4, 0.5) is 0 Å². The summed E-state index contributed by atoms with van der Waals surface area (Å²) in [6, 6.07) is 8.84. The maximum absolute atomic E-state index is 6.52. The molecular formula is C16H28N2. The van der Waals surface area contributed by atoms with Gasteiger partial charge in [-0.15, -0.1) is 0 Å². The zero-order chi connectivity index (χ0) is 13.8. The predicted octanol–water partition coefficient (Wildman–Crippen LogP) is 2.99. The second-order valence-electron chi connectivity index (χ2n) is 5.50. The zero-order valence-corrected chi connectivity index (χ0v) is 12.5. The number of hydrogen-bond acceptors (Lipinski definition) is 2. The van der Waals surface area contributed by atoms with Gasteiger partial charge in [-0.2, -0.15) is 0 Å². The van der Waals surface area contributed by atoms with E-state index in [-0.39, 0.29) is 11.6 Å². The molecule has 1 rings (SSSR count). The minimum Gasteiger partial charge on any atom is -0.326 e. The minimum absolute atomic E-state index is 0.101. The van der Waals surface area contributed by atoms with E-state index < -0.39 is 0 Å². The number of nitrogens with two attached hydrogens (primary N) is 1. The Morgan fingerprint density at radius 2 is 1.83 bits per heavy atom. The van der Waals surface area contributed by atoms with Crippen molar-refractivity contribution in [1.29, 1.82) is 0 Å². The fourth-order valence-electron chi connectivity index (χ4n) is 3.02. The van der Waals surface area contributed by atoms with Crippen molar-refractivity contribution in [2.75, 3.05) is 14.1 Å². The van der Waals surface area contributed by atoms with Crippen LogP contribution in [0.2, 0.25) is 0 Å². The SMILES string of the molecule is CCC(CC)(C(N)Cc1cccc(C)c1)N(C)C. The molecule has 0 radical (unpaired) electrons. The van der Waals surface area contributed by atoms with E-state index in [2.05, 4.69) is 64.0 Å². The standard InChI is InChI=1S/C16H28N2/c1-6-16(7-2,18(4)5)15(17)12-14-10-8-9-13(3)11-14/h8-11,15H,6-7,12,17H2,1-5H3. The van der Waals surface area contributed by atoms with E-state index >= 15 is 0 Å². The van der Waals surface area contributed by atoms with E-state index in [0.29, 0.717) is 0 Å². The molecule has 18 heavy (non-hydrogen) atoms. The van der Waals surface area contributed by atoms with Crippen molar-refractivity contribution >= 4 is 0 Å². The van der Waals surface area contributed by atoms with E-state index in [1.807, 2.05) is 0 Å². The third-order valence-corrected chi connectivity index (χ3v) is 4.34. The maximum Gasteiger partial charge on any atom is 0.0352 e. The Morgan fingerprint density at radius 3 is 2.28 bits per heavy atom. The average Bonchev–Trinajstić information content (AvgIpc) is 2.30. The van der Waals surface area contributed by atoms with E-state index in [4.69, 9.17) is 5.73 Å². The van der Waals surface area contributed by atoms with Gasteiger partial charge < -0.3 is 10.6 Å². The van der Waals surface area contributed by atoms with Crippen molar-refractivity contribution in [3.8, 4) is 0 Å². The van der Waals surface area contributed by atoms with Gasteiger partial charge in [0.2, 0.25) is 0 Å². The van der Waals surface area contributed by atoms with Crippen molar-refractivity contribution in [1.82, 2.24) is 4.90 Å².